The van der Waals surface area contributed by atoms with Crippen LogP contribution in [0, 0.1) is 5.82 Å². The maximum atomic E-state index is 13.8. The Hall–Kier alpha value is -2.97. The van der Waals surface area contributed by atoms with E-state index in [0.717, 1.165) is 31.9 Å². The molecule has 14 heteroatoms. The van der Waals surface area contributed by atoms with E-state index in [9.17, 15) is 26.7 Å². The van der Waals surface area contributed by atoms with Gasteiger partial charge in [0.25, 0.3) is 0 Å². The molecule has 3 aromatic heterocycles. The van der Waals surface area contributed by atoms with Crippen molar-refractivity contribution in [3.63, 3.8) is 0 Å². The van der Waals surface area contributed by atoms with E-state index >= 15 is 0 Å². The van der Waals surface area contributed by atoms with Crippen molar-refractivity contribution in [3.05, 3.63) is 36.4 Å². The molecule has 0 radical (unpaired) electrons. The van der Waals surface area contributed by atoms with Crippen molar-refractivity contribution >= 4 is 21.5 Å². The highest BCUT2D eigenvalue weighted by molar-refractivity contribution is 7.90. The van der Waals surface area contributed by atoms with Crippen LogP contribution < -0.4 is 10.5 Å². The number of nitrogens with zero attached hydrogens (tertiary/aromatic N) is 5. The second-order valence-electron chi connectivity index (χ2n) is 7.95. The predicted molar refractivity (Wildman–Crippen MR) is 116 cm³/mol. The van der Waals surface area contributed by atoms with E-state index in [1.807, 2.05) is 0 Å². The van der Waals surface area contributed by atoms with Gasteiger partial charge in [-0.2, -0.15) is 13.1 Å². The van der Waals surface area contributed by atoms with Gasteiger partial charge in [0.05, 0.1) is 35.1 Å². The number of hydrogen-bond acceptors (Lipinski definition) is 8. The quantitative estimate of drug-likeness (QED) is 0.543. The molecule has 5 rings (SSSR count). The fourth-order valence-electron chi connectivity index (χ4n) is 3.58. The van der Waals surface area contributed by atoms with Gasteiger partial charge in [-0.05, 0) is 37.8 Å². The van der Waals surface area contributed by atoms with Crippen LogP contribution >= 0.6 is 0 Å². The zero-order chi connectivity index (χ0) is 24.5. The summed E-state index contributed by atoms with van der Waals surface area (Å²) < 4.78 is 68.2. The van der Waals surface area contributed by atoms with Crippen LogP contribution in [-0.2, 0) is 10.0 Å². The van der Waals surface area contributed by atoms with Gasteiger partial charge in [-0.1, -0.05) is 0 Å². The molecule has 3 aromatic rings. The first-order valence-electron chi connectivity index (χ1n) is 10.5. The number of fused-ring (bicyclic) bond motifs is 1. The molecule has 1 atom stereocenters. The average Bonchev–Trinajstić information content (AvgIpc) is 3.60. The summed E-state index contributed by atoms with van der Waals surface area (Å²) in [7, 11) is -3.05. The van der Waals surface area contributed by atoms with Gasteiger partial charge >= 0.3 is 6.61 Å². The lowest BCUT2D eigenvalue weighted by Crippen LogP contribution is -2.43. The SMILES string of the molecule is Nc1ncc2c(F)cc(-c3ccc(OC(F)F)cn3)n2n1.O=S(=O)(C1CC1)N1CCCC(O)C1. The third kappa shape index (κ3) is 5.39. The summed E-state index contributed by atoms with van der Waals surface area (Å²) in [6, 6.07) is 3.92. The van der Waals surface area contributed by atoms with Crippen LogP contribution in [0.15, 0.2) is 30.6 Å². The number of nitrogen functional groups attached to an aromatic ring is 1. The van der Waals surface area contributed by atoms with Crippen LogP contribution in [0.1, 0.15) is 25.7 Å². The molecule has 4 heterocycles. The minimum absolute atomic E-state index is 0.0306. The van der Waals surface area contributed by atoms with Crippen molar-refractivity contribution in [2.45, 2.75) is 43.6 Å². The Bertz CT molecular complexity index is 1250. The van der Waals surface area contributed by atoms with Crippen molar-refractivity contribution in [2.75, 3.05) is 18.8 Å². The molecule has 1 unspecified atom stereocenters. The molecule has 1 saturated carbocycles. The fourth-order valence-corrected chi connectivity index (χ4v) is 5.50. The molecule has 1 aliphatic carbocycles. The van der Waals surface area contributed by atoms with Crippen LogP contribution in [-0.4, -0.2) is 68.5 Å². The van der Waals surface area contributed by atoms with Crippen molar-refractivity contribution in [2.24, 2.45) is 0 Å². The van der Waals surface area contributed by atoms with E-state index in [2.05, 4.69) is 19.8 Å². The zero-order valence-electron chi connectivity index (χ0n) is 17.9. The van der Waals surface area contributed by atoms with Crippen LogP contribution in [0.5, 0.6) is 5.75 Å². The van der Waals surface area contributed by atoms with E-state index < -0.39 is 28.6 Å². The van der Waals surface area contributed by atoms with Crippen molar-refractivity contribution < 1.29 is 31.4 Å². The van der Waals surface area contributed by atoms with Crippen LogP contribution in [0.4, 0.5) is 19.1 Å². The summed E-state index contributed by atoms with van der Waals surface area (Å²) in [6.45, 7) is -2.04. The van der Waals surface area contributed by atoms with Gasteiger partial charge < -0.3 is 15.6 Å². The molecule has 34 heavy (non-hydrogen) atoms. The van der Waals surface area contributed by atoms with E-state index in [-0.39, 0.29) is 22.5 Å². The summed E-state index contributed by atoms with van der Waals surface area (Å²) in [4.78, 5) is 7.65. The topological polar surface area (TPSA) is 136 Å². The first kappa shape index (κ1) is 24.2. The van der Waals surface area contributed by atoms with Gasteiger partial charge in [0.2, 0.25) is 16.0 Å². The van der Waals surface area contributed by atoms with Crippen LogP contribution in [0.25, 0.3) is 16.9 Å². The number of pyridine rings is 1. The molecular weight excluding hydrogens is 477 g/mol. The summed E-state index contributed by atoms with van der Waals surface area (Å²) in [5.41, 5.74) is 6.25. The molecule has 3 N–H and O–H groups in total. The minimum Gasteiger partial charge on any atom is -0.433 e. The normalized spacial score (nSPS) is 19.1. The molecule has 0 spiro atoms. The molecule has 10 nitrogen and oxygen atoms in total. The second-order valence-corrected chi connectivity index (χ2v) is 10.2. The smallest absolute Gasteiger partial charge is 0.387 e. The molecule has 0 amide bonds. The van der Waals surface area contributed by atoms with E-state index in [0.29, 0.717) is 24.5 Å². The monoisotopic (exact) mass is 500 g/mol. The Labute approximate surface area is 193 Å². The standard InChI is InChI=1S/C12H8F3N5O.C8H15NO3S/c13-7-3-9(20-10(7)5-18-12(16)19-20)8-2-1-6(4-17-8)21-11(14)15;10-7-2-1-5-9(6-7)13(11,12)8-3-4-8/h1-5,11H,(H2,16,19);7-8,10H,1-6H2. The highest BCUT2D eigenvalue weighted by Gasteiger charge is 2.41. The molecule has 0 bridgehead atoms. The summed E-state index contributed by atoms with van der Waals surface area (Å²) in [5, 5.41) is 13.1. The lowest BCUT2D eigenvalue weighted by molar-refractivity contribution is -0.0500. The summed E-state index contributed by atoms with van der Waals surface area (Å²) in [6.07, 6.45) is 5.02. The number of piperidine rings is 1. The van der Waals surface area contributed by atoms with E-state index in [4.69, 9.17) is 5.73 Å². The van der Waals surface area contributed by atoms with Crippen LogP contribution in [0.2, 0.25) is 0 Å². The largest absolute Gasteiger partial charge is 0.433 e. The lowest BCUT2D eigenvalue weighted by atomic mass is 10.1. The number of ether oxygens (including phenoxy) is 1. The van der Waals surface area contributed by atoms with Crippen LogP contribution in [0.3, 0.4) is 0 Å². The van der Waals surface area contributed by atoms with Gasteiger partial charge in [-0.15, -0.1) is 5.10 Å². The lowest BCUT2D eigenvalue weighted by Gasteiger charge is -2.29. The third-order valence-corrected chi connectivity index (χ3v) is 7.74. The first-order valence-corrected chi connectivity index (χ1v) is 12.0. The number of aliphatic hydroxyl groups is 1. The third-order valence-electron chi connectivity index (χ3n) is 5.37. The predicted octanol–water partition coefficient (Wildman–Crippen LogP) is 2.05. The van der Waals surface area contributed by atoms with E-state index in [1.165, 1.54) is 33.2 Å². The number of aromatic nitrogens is 4. The number of anilines is 1. The number of β-amino-alcohol motifs (C(OH)–C–C–N with tert-alkyl or cyclic N) is 1. The maximum Gasteiger partial charge on any atom is 0.387 e. The van der Waals surface area contributed by atoms with Crippen molar-refractivity contribution in [1.29, 1.82) is 0 Å². The molecule has 2 fully saturated rings. The molecule has 0 aromatic carbocycles. The van der Waals surface area contributed by atoms with Gasteiger partial charge in [0.1, 0.15) is 11.3 Å². The number of halogens is 3. The fraction of sp³-hybridized carbons (Fsp3) is 0.450. The number of nitrogens with two attached hydrogens (primary N) is 1. The minimum atomic E-state index is -3.05. The Morgan fingerprint density at radius 3 is 2.56 bits per heavy atom. The highest BCUT2D eigenvalue weighted by Crippen LogP contribution is 2.32. The van der Waals surface area contributed by atoms with Gasteiger partial charge in [0, 0.05) is 19.2 Å². The number of rotatable bonds is 5. The number of aliphatic hydroxyl groups excluding tert-OH is 1. The average molecular weight is 501 g/mol. The summed E-state index contributed by atoms with van der Waals surface area (Å²) >= 11 is 0. The maximum absolute atomic E-state index is 13.8. The first-order chi connectivity index (χ1) is 16.1. The Morgan fingerprint density at radius 2 is 1.94 bits per heavy atom. The highest BCUT2D eigenvalue weighted by atomic mass is 32.2. The Balaban J connectivity index is 0.000000180. The number of hydrogen-bond donors (Lipinski definition) is 2. The molecule has 184 valence electrons. The molecular formula is C20H23F3N6O4S. The number of alkyl halides is 2. The Kier molecular flexibility index (Phi) is 6.91. The van der Waals surface area contributed by atoms with E-state index in [1.54, 1.807) is 0 Å². The zero-order valence-corrected chi connectivity index (χ0v) is 18.7. The molecule has 1 aliphatic heterocycles. The molecule has 2 aliphatic rings. The van der Waals surface area contributed by atoms with Gasteiger partial charge in [-0.3, -0.25) is 4.98 Å². The van der Waals surface area contributed by atoms with Gasteiger partial charge in [-0.25, -0.2) is 22.3 Å². The van der Waals surface area contributed by atoms with Gasteiger partial charge in [0.15, 0.2) is 5.82 Å². The Morgan fingerprint density at radius 1 is 1.18 bits per heavy atom. The number of sulfonamides is 1. The second kappa shape index (κ2) is 9.72. The molecule has 1 saturated heterocycles. The van der Waals surface area contributed by atoms with Crippen molar-refractivity contribution in [1.82, 2.24) is 23.9 Å². The summed E-state index contributed by atoms with van der Waals surface area (Å²) in [5.74, 6) is -0.666. The van der Waals surface area contributed by atoms with Crippen molar-refractivity contribution in [3.8, 4) is 17.1 Å².